The molecule has 2 atom stereocenters. The first-order valence-corrected chi connectivity index (χ1v) is 8.86. The SMILES string of the molecule is O=S(c1cccc(Cl)c1)C(c1ccc(Cl)c(Cl)c1)n1cncn1. The maximum atomic E-state index is 13.1. The molecule has 23 heavy (non-hydrogen) atoms. The molecule has 1 aromatic heterocycles. The van der Waals surface area contributed by atoms with Crippen molar-refractivity contribution in [2.24, 2.45) is 0 Å². The van der Waals surface area contributed by atoms with Gasteiger partial charge in [-0.1, -0.05) is 46.9 Å². The van der Waals surface area contributed by atoms with E-state index in [-0.39, 0.29) is 0 Å². The Hall–Kier alpha value is -1.40. The van der Waals surface area contributed by atoms with Crippen molar-refractivity contribution in [3.05, 3.63) is 75.8 Å². The van der Waals surface area contributed by atoms with E-state index in [1.165, 1.54) is 17.3 Å². The second-order valence-corrected chi connectivity index (χ2v) is 7.42. The molecule has 0 spiro atoms. The van der Waals surface area contributed by atoms with Crippen molar-refractivity contribution >= 4 is 45.6 Å². The average molecular weight is 387 g/mol. The van der Waals surface area contributed by atoms with Gasteiger partial charge in [0.05, 0.1) is 20.8 Å². The monoisotopic (exact) mass is 385 g/mol. The molecule has 1 heterocycles. The highest BCUT2D eigenvalue weighted by Gasteiger charge is 2.24. The predicted molar refractivity (Wildman–Crippen MR) is 92.5 cm³/mol. The van der Waals surface area contributed by atoms with Gasteiger partial charge in [0.2, 0.25) is 0 Å². The fourth-order valence-corrected chi connectivity index (χ4v) is 4.07. The van der Waals surface area contributed by atoms with Gasteiger partial charge in [0.15, 0.2) is 5.37 Å². The third-order valence-corrected chi connectivity index (χ3v) is 5.72. The van der Waals surface area contributed by atoms with Gasteiger partial charge >= 0.3 is 0 Å². The second kappa shape index (κ2) is 7.01. The molecule has 4 nitrogen and oxygen atoms in total. The summed E-state index contributed by atoms with van der Waals surface area (Å²) in [7, 11) is -1.45. The molecule has 0 aliphatic rings. The molecule has 0 saturated heterocycles. The zero-order valence-corrected chi connectivity index (χ0v) is 14.6. The molecule has 2 aromatic carbocycles. The topological polar surface area (TPSA) is 47.8 Å². The summed E-state index contributed by atoms with van der Waals surface area (Å²) in [6.45, 7) is 0. The van der Waals surface area contributed by atoms with E-state index in [4.69, 9.17) is 34.8 Å². The molecule has 0 aliphatic heterocycles. The number of nitrogens with zero attached hydrogens (tertiary/aromatic N) is 3. The maximum Gasteiger partial charge on any atom is 0.158 e. The van der Waals surface area contributed by atoms with Gasteiger partial charge in [-0.25, -0.2) is 9.67 Å². The molecule has 3 rings (SSSR count). The van der Waals surface area contributed by atoms with Crippen molar-refractivity contribution in [2.75, 3.05) is 0 Å². The van der Waals surface area contributed by atoms with Gasteiger partial charge < -0.3 is 0 Å². The lowest BCUT2D eigenvalue weighted by Gasteiger charge is -2.18. The summed E-state index contributed by atoms with van der Waals surface area (Å²) in [4.78, 5) is 4.52. The largest absolute Gasteiger partial charge is 0.252 e. The highest BCUT2D eigenvalue weighted by molar-refractivity contribution is 7.85. The quantitative estimate of drug-likeness (QED) is 0.658. The van der Waals surface area contributed by atoms with Crippen LogP contribution in [0.3, 0.4) is 0 Å². The van der Waals surface area contributed by atoms with E-state index >= 15 is 0 Å². The summed E-state index contributed by atoms with van der Waals surface area (Å²) in [5, 5.41) is 4.86. The normalized spacial score (nSPS) is 13.7. The summed E-state index contributed by atoms with van der Waals surface area (Å²) >= 11 is 18.1. The van der Waals surface area contributed by atoms with E-state index in [2.05, 4.69) is 10.1 Å². The van der Waals surface area contributed by atoms with E-state index in [0.29, 0.717) is 25.5 Å². The Morgan fingerprint density at radius 3 is 2.52 bits per heavy atom. The van der Waals surface area contributed by atoms with Crippen molar-refractivity contribution in [3.8, 4) is 0 Å². The lowest BCUT2D eigenvalue weighted by atomic mass is 10.2. The van der Waals surface area contributed by atoms with E-state index in [9.17, 15) is 4.21 Å². The van der Waals surface area contributed by atoms with Crippen LogP contribution in [0, 0.1) is 0 Å². The van der Waals surface area contributed by atoms with E-state index in [0.717, 1.165) is 0 Å². The van der Waals surface area contributed by atoms with Crippen molar-refractivity contribution in [1.29, 1.82) is 0 Å². The van der Waals surface area contributed by atoms with Crippen LogP contribution in [0.15, 0.2) is 60.0 Å². The molecule has 118 valence electrons. The van der Waals surface area contributed by atoms with Crippen molar-refractivity contribution < 1.29 is 4.21 Å². The summed E-state index contributed by atoms with van der Waals surface area (Å²) in [5.41, 5.74) is 0.711. The molecule has 8 heteroatoms. The van der Waals surface area contributed by atoms with E-state index < -0.39 is 16.2 Å². The zero-order valence-electron chi connectivity index (χ0n) is 11.6. The Kier molecular flexibility index (Phi) is 5.02. The number of rotatable bonds is 4. The van der Waals surface area contributed by atoms with Crippen molar-refractivity contribution in [2.45, 2.75) is 10.3 Å². The van der Waals surface area contributed by atoms with Crippen LogP contribution in [0.25, 0.3) is 0 Å². The predicted octanol–water partition coefficient (Wildman–Crippen LogP) is 4.59. The van der Waals surface area contributed by atoms with Crippen LogP contribution in [-0.2, 0) is 10.8 Å². The molecule has 0 amide bonds. The molecular formula is C15H10Cl3N3OS. The third-order valence-electron chi connectivity index (χ3n) is 3.14. The summed E-state index contributed by atoms with van der Waals surface area (Å²) in [6.07, 6.45) is 2.90. The molecular weight excluding hydrogens is 377 g/mol. The second-order valence-electron chi connectivity index (χ2n) is 4.66. The maximum absolute atomic E-state index is 13.1. The summed E-state index contributed by atoms with van der Waals surface area (Å²) in [6, 6.07) is 12.0. The third kappa shape index (κ3) is 3.58. The molecule has 0 radical (unpaired) electrons. The van der Waals surface area contributed by atoms with Gasteiger partial charge in [0, 0.05) is 9.92 Å². The van der Waals surface area contributed by atoms with Gasteiger partial charge in [-0.05, 0) is 35.9 Å². The standard InChI is InChI=1S/C15H10Cl3N3OS/c16-11-2-1-3-12(7-11)23(22)15(21-9-19-8-20-21)10-4-5-13(17)14(18)6-10/h1-9,15H. The Bertz CT molecular complexity index is 855. The minimum Gasteiger partial charge on any atom is -0.252 e. The molecule has 0 bridgehead atoms. The first-order chi connectivity index (χ1) is 11.1. The fourth-order valence-electron chi connectivity index (χ4n) is 2.10. The minimum absolute atomic E-state index is 0.386. The van der Waals surface area contributed by atoms with E-state index in [1.807, 2.05) is 0 Å². The van der Waals surface area contributed by atoms with Crippen LogP contribution in [0.4, 0.5) is 0 Å². The van der Waals surface area contributed by atoms with Gasteiger partial charge in [0.25, 0.3) is 0 Å². The Labute approximate surface area is 150 Å². The number of hydrogen-bond donors (Lipinski definition) is 0. The fraction of sp³-hybridized carbons (Fsp3) is 0.0667. The van der Waals surface area contributed by atoms with Crippen LogP contribution in [-0.4, -0.2) is 19.0 Å². The smallest absolute Gasteiger partial charge is 0.158 e. The Morgan fingerprint density at radius 2 is 1.87 bits per heavy atom. The van der Waals surface area contributed by atoms with E-state index in [1.54, 1.807) is 42.5 Å². The number of benzene rings is 2. The molecule has 0 aliphatic carbocycles. The number of halogens is 3. The van der Waals surface area contributed by atoms with Gasteiger partial charge in [-0.2, -0.15) is 5.10 Å². The van der Waals surface area contributed by atoms with Gasteiger partial charge in [-0.15, -0.1) is 0 Å². The lowest BCUT2D eigenvalue weighted by molar-refractivity contribution is 0.619. The first kappa shape index (κ1) is 16.5. The van der Waals surface area contributed by atoms with Crippen LogP contribution < -0.4 is 0 Å². The molecule has 3 aromatic rings. The molecule has 0 N–H and O–H groups in total. The van der Waals surface area contributed by atoms with Gasteiger partial charge in [0.1, 0.15) is 12.7 Å². The first-order valence-electron chi connectivity index (χ1n) is 6.51. The summed E-state index contributed by atoms with van der Waals surface area (Å²) in [5.74, 6) is 0. The lowest BCUT2D eigenvalue weighted by Crippen LogP contribution is -2.17. The molecule has 2 unspecified atom stereocenters. The Morgan fingerprint density at radius 1 is 1.04 bits per heavy atom. The van der Waals surface area contributed by atoms with Crippen LogP contribution in [0.1, 0.15) is 10.9 Å². The van der Waals surface area contributed by atoms with Crippen LogP contribution in [0.2, 0.25) is 15.1 Å². The van der Waals surface area contributed by atoms with Gasteiger partial charge in [-0.3, -0.25) is 4.21 Å². The van der Waals surface area contributed by atoms with Crippen molar-refractivity contribution in [1.82, 2.24) is 14.8 Å². The number of aromatic nitrogens is 3. The molecule has 0 saturated carbocycles. The number of hydrogen-bond acceptors (Lipinski definition) is 3. The summed E-state index contributed by atoms with van der Waals surface area (Å²) < 4.78 is 14.6. The Balaban J connectivity index is 2.09. The van der Waals surface area contributed by atoms with Crippen LogP contribution in [0.5, 0.6) is 0 Å². The van der Waals surface area contributed by atoms with Crippen molar-refractivity contribution in [3.63, 3.8) is 0 Å². The molecule has 0 fully saturated rings. The van der Waals surface area contributed by atoms with Crippen LogP contribution >= 0.6 is 34.8 Å². The minimum atomic E-state index is -1.45. The average Bonchev–Trinajstić information content (AvgIpc) is 3.05. The highest BCUT2D eigenvalue weighted by atomic mass is 35.5. The zero-order chi connectivity index (χ0) is 16.4. The highest BCUT2D eigenvalue weighted by Crippen LogP contribution is 2.31.